The van der Waals surface area contributed by atoms with Crippen LogP contribution in [-0.2, 0) is 0 Å². The van der Waals surface area contributed by atoms with Crippen molar-refractivity contribution in [2.24, 2.45) is 0 Å². The number of nitrogens with zero attached hydrogens (tertiary/aromatic N) is 3. The highest BCUT2D eigenvalue weighted by Gasteiger charge is 2.02. The van der Waals surface area contributed by atoms with Crippen LogP contribution in [0.25, 0.3) is 11.4 Å². The van der Waals surface area contributed by atoms with Crippen LogP contribution in [0.1, 0.15) is 5.56 Å². The number of hydrogen-bond acceptors (Lipinski definition) is 3. The molecule has 0 atom stereocenters. The third-order valence-corrected chi connectivity index (χ3v) is 1.62. The maximum absolute atomic E-state index is 3.86. The maximum Gasteiger partial charge on any atom is 0.179 e. The van der Waals surface area contributed by atoms with E-state index in [-0.39, 0.29) is 0 Å². The van der Waals surface area contributed by atoms with E-state index in [0.29, 0.717) is 5.82 Å². The molecule has 12 heavy (non-hydrogen) atoms. The van der Waals surface area contributed by atoms with E-state index in [1.165, 1.54) is 0 Å². The van der Waals surface area contributed by atoms with Crippen molar-refractivity contribution in [3.8, 4) is 11.4 Å². The van der Waals surface area contributed by atoms with Gasteiger partial charge in [0.1, 0.15) is 0 Å². The van der Waals surface area contributed by atoms with Crippen molar-refractivity contribution in [1.82, 2.24) is 20.6 Å². The van der Waals surface area contributed by atoms with Crippen molar-refractivity contribution >= 4 is 0 Å². The smallest absolute Gasteiger partial charge is 0.179 e. The molecule has 0 saturated carbocycles. The Morgan fingerprint density at radius 3 is 2.75 bits per heavy atom. The minimum absolute atomic E-state index is 0.653. The molecule has 0 aliphatic rings. The Labute approximate surface area is 69.6 Å². The predicted molar refractivity (Wildman–Crippen MR) is 44.1 cm³/mol. The molecule has 0 amide bonds. The van der Waals surface area contributed by atoms with Gasteiger partial charge in [-0.25, -0.2) is 5.10 Å². The monoisotopic (exact) mass is 159 g/mol. The zero-order valence-corrected chi connectivity index (χ0v) is 6.36. The zero-order chi connectivity index (χ0) is 8.39. The molecule has 4 nitrogen and oxygen atoms in total. The van der Waals surface area contributed by atoms with Gasteiger partial charge in [-0.15, -0.1) is 5.10 Å². The highest BCUT2D eigenvalue weighted by molar-refractivity contribution is 5.60. The lowest BCUT2D eigenvalue weighted by Gasteiger charge is -1.97. The van der Waals surface area contributed by atoms with Crippen LogP contribution in [0.2, 0.25) is 0 Å². The fraction of sp³-hybridized carbons (Fsp3) is 0. The second-order valence-corrected chi connectivity index (χ2v) is 2.41. The van der Waals surface area contributed by atoms with Crippen molar-refractivity contribution in [3.05, 3.63) is 36.8 Å². The van der Waals surface area contributed by atoms with E-state index < -0.39 is 0 Å². The highest BCUT2D eigenvalue weighted by atomic mass is 15.5. The zero-order valence-electron chi connectivity index (χ0n) is 6.36. The van der Waals surface area contributed by atoms with E-state index in [4.69, 9.17) is 0 Å². The standard InChI is InChI=1S/C8H7N4/c1-6-4-2-3-5-7(6)8-9-11-12-10-8/h2-5H,1H2,(H,9,10,11,12). The van der Waals surface area contributed by atoms with Gasteiger partial charge in [0.25, 0.3) is 0 Å². The van der Waals surface area contributed by atoms with Gasteiger partial charge in [-0.2, -0.15) is 0 Å². The van der Waals surface area contributed by atoms with Crippen molar-refractivity contribution in [2.75, 3.05) is 0 Å². The van der Waals surface area contributed by atoms with E-state index in [0.717, 1.165) is 11.1 Å². The molecule has 1 N–H and O–H groups in total. The van der Waals surface area contributed by atoms with E-state index in [9.17, 15) is 0 Å². The lowest BCUT2D eigenvalue weighted by Crippen LogP contribution is -1.84. The molecule has 1 aromatic carbocycles. The van der Waals surface area contributed by atoms with Crippen LogP contribution in [-0.4, -0.2) is 20.6 Å². The maximum atomic E-state index is 3.86. The molecule has 0 aliphatic heterocycles. The second-order valence-electron chi connectivity index (χ2n) is 2.41. The van der Waals surface area contributed by atoms with Crippen molar-refractivity contribution in [2.45, 2.75) is 0 Å². The Bertz CT molecular complexity index is 366. The Morgan fingerprint density at radius 2 is 2.08 bits per heavy atom. The number of nitrogens with one attached hydrogen (secondary N) is 1. The van der Waals surface area contributed by atoms with E-state index in [2.05, 4.69) is 27.5 Å². The molecular formula is C8H7N4. The number of H-pyrrole nitrogens is 1. The lowest BCUT2D eigenvalue weighted by molar-refractivity contribution is 0.881. The van der Waals surface area contributed by atoms with Gasteiger partial charge in [-0.1, -0.05) is 24.3 Å². The van der Waals surface area contributed by atoms with Gasteiger partial charge in [-0.3, -0.25) is 0 Å². The highest BCUT2D eigenvalue weighted by Crippen LogP contribution is 2.16. The van der Waals surface area contributed by atoms with E-state index in [1.54, 1.807) is 0 Å². The Hall–Kier alpha value is -1.71. The fourth-order valence-electron chi connectivity index (χ4n) is 1.02. The summed E-state index contributed by atoms with van der Waals surface area (Å²) in [6.45, 7) is 3.86. The van der Waals surface area contributed by atoms with Gasteiger partial charge in [-0.05, 0) is 22.9 Å². The largest absolute Gasteiger partial charge is 0.239 e. The van der Waals surface area contributed by atoms with Crippen LogP contribution in [0.5, 0.6) is 0 Å². The van der Waals surface area contributed by atoms with Crippen LogP contribution in [0.4, 0.5) is 0 Å². The molecule has 4 heteroatoms. The number of tetrazole rings is 1. The van der Waals surface area contributed by atoms with Gasteiger partial charge >= 0.3 is 0 Å². The topological polar surface area (TPSA) is 54.5 Å². The number of hydrogen-bond donors (Lipinski definition) is 1. The van der Waals surface area contributed by atoms with E-state index in [1.807, 2.05) is 24.3 Å². The third-order valence-electron chi connectivity index (χ3n) is 1.62. The number of benzene rings is 1. The summed E-state index contributed by atoms with van der Waals surface area (Å²) in [6, 6.07) is 7.69. The molecule has 0 spiro atoms. The SMILES string of the molecule is [CH2]c1ccccc1-c1nnn[nH]1. The number of rotatable bonds is 1. The molecule has 0 fully saturated rings. The van der Waals surface area contributed by atoms with Crippen molar-refractivity contribution < 1.29 is 0 Å². The molecular weight excluding hydrogens is 152 g/mol. The Balaban J connectivity index is 2.55. The molecule has 2 rings (SSSR count). The average Bonchev–Trinajstić information content (AvgIpc) is 2.57. The van der Waals surface area contributed by atoms with Crippen LogP contribution < -0.4 is 0 Å². The first-order valence-electron chi connectivity index (χ1n) is 3.53. The normalized spacial score (nSPS) is 10.1. The molecule has 0 unspecified atom stereocenters. The van der Waals surface area contributed by atoms with Gasteiger partial charge in [0.15, 0.2) is 5.82 Å². The molecule has 59 valence electrons. The second kappa shape index (κ2) is 2.73. The summed E-state index contributed by atoms with van der Waals surface area (Å²) in [5.41, 5.74) is 1.85. The van der Waals surface area contributed by atoms with Crippen molar-refractivity contribution in [3.63, 3.8) is 0 Å². The summed E-state index contributed by atoms with van der Waals surface area (Å²) >= 11 is 0. The summed E-state index contributed by atoms with van der Waals surface area (Å²) in [5, 5.41) is 13.5. The molecule has 2 aromatic rings. The first-order chi connectivity index (χ1) is 5.88. The molecule has 1 heterocycles. The van der Waals surface area contributed by atoms with Gasteiger partial charge in [0.05, 0.1) is 0 Å². The summed E-state index contributed by atoms with van der Waals surface area (Å²) in [7, 11) is 0. The molecule has 0 aliphatic carbocycles. The minimum Gasteiger partial charge on any atom is -0.239 e. The Kier molecular flexibility index (Phi) is 1.59. The lowest BCUT2D eigenvalue weighted by atomic mass is 10.1. The van der Waals surface area contributed by atoms with Gasteiger partial charge in [0.2, 0.25) is 0 Å². The van der Waals surface area contributed by atoms with Crippen LogP contribution in [0, 0.1) is 6.92 Å². The fourth-order valence-corrected chi connectivity index (χ4v) is 1.02. The third kappa shape index (κ3) is 1.07. The molecule has 0 saturated heterocycles. The number of aromatic amines is 1. The van der Waals surface area contributed by atoms with Crippen LogP contribution in [0.3, 0.4) is 0 Å². The molecule has 0 bridgehead atoms. The molecule has 1 aromatic heterocycles. The van der Waals surface area contributed by atoms with Crippen molar-refractivity contribution in [1.29, 1.82) is 0 Å². The minimum atomic E-state index is 0.653. The van der Waals surface area contributed by atoms with Crippen LogP contribution in [0.15, 0.2) is 24.3 Å². The number of aromatic nitrogens is 4. The van der Waals surface area contributed by atoms with Crippen LogP contribution >= 0.6 is 0 Å². The first kappa shape index (κ1) is 6.97. The van der Waals surface area contributed by atoms with Gasteiger partial charge in [0, 0.05) is 5.56 Å². The summed E-state index contributed by atoms with van der Waals surface area (Å²) in [5.74, 6) is 0.653. The van der Waals surface area contributed by atoms with Gasteiger partial charge < -0.3 is 0 Å². The summed E-state index contributed by atoms with van der Waals surface area (Å²) in [6.07, 6.45) is 0. The molecule has 1 radical (unpaired) electrons. The summed E-state index contributed by atoms with van der Waals surface area (Å²) in [4.78, 5) is 0. The summed E-state index contributed by atoms with van der Waals surface area (Å²) < 4.78 is 0. The Morgan fingerprint density at radius 1 is 1.25 bits per heavy atom. The quantitative estimate of drug-likeness (QED) is 0.676. The predicted octanol–water partition coefficient (Wildman–Crippen LogP) is 1.05. The van der Waals surface area contributed by atoms with E-state index >= 15 is 0 Å². The average molecular weight is 159 g/mol. The first-order valence-corrected chi connectivity index (χ1v) is 3.53.